The predicted octanol–water partition coefficient (Wildman–Crippen LogP) is 17.7. The van der Waals surface area contributed by atoms with Gasteiger partial charge in [-0.3, -0.25) is 0 Å². The predicted molar refractivity (Wildman–Crippen MR) is 289 cm³/mol. The van der Waals surface area contributed by atoms with Crippen LogP contribution in [0.5, 0.6) is 0 Å². The van der Waals surface area contributed by atoms with Gasteiger partial charge in [0.15, 0.2) is 0 Å². The van der Waals surface area contributed by atoms with Crippen molar-refractivity contribution in [3.63, 3.8) is 0 Å². The first-order valence-corrected chi connectivity index (χ1v) is 24.4. The van der Waals surface area contributed by atoms with E-state index in [4.69, 9.17) is 0 Å². The number of fused-ring (bicyclic) bond motifs is 10. The van der Waals surface area contributed by atoms with Crippen LogP contribution in [0.1, 0.15) is 41.5 Å². The van der Waals surface area contributed by atoms with E-state index in [2.05, 4.69) is 271 Å². The van der Waals surface area contributed by atoms with Gasteiger partial charge in [0, 0.05) is 28.2 Å². The van der Waals surface area contributed by atoms with Crippen molar-refractivity contribution in [3.05, 3.63) is 283 Å². The topological polar surface area (TPSA) is 6.48 Å². The van der Waals surface area contributed by atoms with Crippen LogP contribution in [0.2, 0.25) is 0 Å². The van der Waals surface area contributed by atoms with Crippen LogP contribution in [0.25, 0.3) is 55.6 Å². The third kappa shape index (κ3) is 6.70. The summed E-state index contributed by atoms with van der Waals surface area (Å²) in [6.45, 7) is 0. The lowest BCUT2D eigenvalue weighted by atomic mass is 9.70. The zero-order valence-electron chi connectivity index (χ0n) is 38.4. The molecule has 0 N–H and O–H groups in total. The first-order valence-electron chi connectivity index (χ1n) is 24.4. The first-order chi connectivity index (χ1) is 34.3. The second-order valence-corrected chi connectivity index (χ2v) is 18.6. The Labute approximate surface area is 405 Å². The van der Waals surface area contributed by atoms with Crippen LogP contribution in [0.3, 0.4) is 0 Å². The lowest BCUT2D eigenvalue weighted by Gasteiger charge is -2.34. The van der Waals surface area contributed by atoms with Crippen molar-refractivity contribution in [3.8, 4) is 55.6 Å². The molecule has 0 aliphatic heterocycles. The van der Waals surface area contributed by atoms with Gasteiger partial charge in [0.05, 0.1) is 22.8 Å². The molecule has 0 saturated heterocycles. The van der Waals surface area contributed by atoms with Crippen LogP contribution >= 0.6 is 0 Å². The molecule has 0 amide bonds. The number of hydrogen-bond acceptors (Lipinski definition) is 2. The monoisotopic (exact) mass is 882 g/mol. The number of allylic oxidation sites excluding steroid dienone is 1. The minimum atomic E-state index is -0.539. The molecule has 328 valence electrons. The summed E-state index contributed by atoms with van der Waals surface area (Å²) >= 11 is 0. The van der Waals surface area contributed by atoms with Crippen molar-refractivity contribution in [1.82, 2.24) is 0 Å². The van der Waals surface area contributed by atoms with E-state index in [-0.39, 0.29) is 0 Å². The highest BCUT2D eigenvalue weighted by molar-refractivity contribution is 6.03. The standard InChI is InChI=1S/C67H50N2/c1-5-20-47(21-6-1)48-36-43-55(44-37-48)69(64-34-18-15-28-56(64)50-22-7-2-8-23-50)65-35-19-33-62-66(65)59-30-14-17-32-61(59)67(62)60-31-16-13-29-57(60)58-45-40-51(46-63(58)67)49-38-41-54(42-39-49)68(52-24-9-3-10-25-52)53-26-11-4-12-27-53/h1-3,5-11,13-26,28-46,53H,4,12,27H2. The molecule has 0 bridgehead atoms. The van der Waals surface area contributed by atoms with Crippen molar-refractivity contribution < 1.29 is 0 Å². The van der Waals surface area contributed by atoms with Crippen LogP contribution in [0.4, 0.5) is 28.4 Å². The van der Waals surface area contributed by atoms with E-state index in [1.54, 1.807) is 0 Å². The van der Waals surface area contributed by atoms with Crippen LogP contribution in [0.15, 0.2) is 261 Å². The maximum absolute atomic E-state index is 2.51. The summed E-state index contributed by atoms with van der Waals surface area (Å²) in [7, 11) is 0. The summed E-state index contributed by atoms with van der Waals surface area (Å²) in [5.74, 6) is 0. The Hall–Kier alpha value is -8.46. The largest absolute Gasteiger partial charge is 0.335 e. The molecule has 0 heterocycles. The first kappa shape index (κ1) is 40.8. The van der Waals surface area contributed by atoms with Crippen molar-refractivity contribution >= 4 is 28.4 Å². The zero-order chi connectivity index (χ0) is 45.7. The van der Waals surface area contributed by atoms with Crippen molar-refractivity contribution in [2.45, 2.75) is 30.7 Å². The molecule has 0 fully saturated rings. The Morgan fingerprint density at radius 1 is 0.348 bits per heavy atom. The number of anilines is 5. The smallest absolute Gasteiger partial charge is 0.0726 e. The van der Waals surface area contributed by atoms with Gasteiger partial charge < -0.3 is 9.80 Å². The number of rotatable bonds is 9. The fraction of sp³-hybridized carbons (Fsp3) is 0.0746. The van der Waals surface area contributed by atoms with E-state index < -0.39 is 5.41 Å². The molecule has 2 heteroatoms. The Balaban J connectivity index is 0.996. The lowest BCUT2D eigenvalue weighted by Crippen LogP contribution is -2.30. The van der Waals surface area contributed by atoms with E-state index in [1.165, 1.54) is 95.7 Å². The maximum atomic E-state index is 2.51. The quantitative estimate of drug-likeness (QED) is 0.133. The van der Waals surface area contributed by atoms with Crippen LogP contribution in [-0.2, 0) is 5.41 Å². The highest BCUT2D eigenvalue weighted by Crippen LogP contribution is 2.65. The third-order valence-corrected chi connectivity index (χ3v) is 14.9. The molecule has 0 radical (unpaired) electrons. The fourth-order valence-electron chi connectivity index (χ4n) is 11.9. The van der Waals surface area contributed by atoms with Gasteiger partial charge in [0.1, 0.15) is 0 Å². The van der Waals surface area contributed by atoms with Gasteiger partial charge in [0.25, 0.3) is 0 Å². The van der Waals surface area contributed by atoms with E-state index in [0.717, 1.165) is 29.9 Å². The Morgan fingerprint density at radius 2 is 0.855 bits per heavy atom. The average Bonchev–Trinajstić information content (AvgIpc) is 3.90. The second-order valence-electron chi connectivity index (χ2n) is 18.6. The molecule has 2 nitrogen and oxygen atoms in total. The van der Waals surface area contributed by atoms with Crippen molar-refractivity contribution in [2.24, 2.45) is 0 Å². The summed E-state index contributed by atoms with van der Waals surface area (Å²) in [5, 5.41) is 0. The zero-order valence-corrected chi connectivity index (χ0v) is 38.4. The number of nitrogens with zero attached hydrogens (tertiary/aromatic N) is 2. The fourth-order valence-corrected chi connectivity index (χ4v) is 11.9. The van der Waals surface area contributed by atoms with Crippen LogP contribution < -0.4 is 9.80 Å². The molecule has 13 rings (SSSR count). The Bertz CT molecular complexity index is 3520. The maximum Gasteiger partial charge on any atom is 0.0726 e. The minimum Gasteiger partial charge on any atom is -0.335 e. The molecule has 0 saturated carbocycles. The Kier molecular flexibility index (Phi) is 10.1. The summed E-state index contributed by atoms with van der Waals surface area (Å²) < 4.78 is 0. The molecule has 1 spiro atoms. The third-order valence-electron chi connectivity index (χ3n) is 14.9. The van der Waals surface area contributed by atoms with Gasteiger partial charge in [-0.25, -0.2) is 0 Å². The van der Waals surface area contributed by atoms with Gasteiger partial charge in [-0.05, 0) is 141 Å². The molecule has 3 aliphatic rings. The van der Waals surface area contributed by atoms with E-state index in [0.29, 0.717) is 6.04 Å². The van der Waals surface area contributed by atoms with Gasteiger partial charge in [-0.15, -0.1) is 0 Å². The summed E-state index contributed by atoms with van der Waals surface area (Å²) in [6.07, 6.45) is 8.25. The lowest BCUT2D eigenvalue weighted by molar-refractivity contribution is 0.631. The van der Waals surface area contributed by atoms with Gasteiger partial charge in [-0.1, -0.05) is 206 Å². The molecule has 2 atom stereocenters. The molecule has 2 unspecified atom stereocenters. The SMILES string of the molecule is C1=CC(N(c2ccccc2)c2ccc(-c3ccc4c(c3)C3(c5ccccc5-4)c4ccccc4-c4c(N(c5ccc(-c6ccccc6)cc5)c5ccccc5-c5ccccc5)cccc43)cc2)CCC1. The normalized spacial score (nSPS) is 16.1. The molecule has 10 aromatic rings. The number of para-hydroxylation sites is 2. The van der Waals surface area contributed by atoms with Crippen molar-refractivity contribution in [2.75, 3.05) is 9.80 Å². The van der Waals surface area contributed by atoms with E-state index >= 15 is 0 Å². The molecular weight excluding hydrogens is 833 g/mol. The van der Waals surface area contributed by atoms with Crippen LogP contribution in [-0.4, -0.2) is 6.04 Å². The van der Waals surface area contributed by atoms with E-state index in [9.17, 15) is 0 Å². The summed E-state index contributed by atoms with van der Waals surface area (Å²) in [5.41, 5.74) is 22.9. The van der Waals surface area contributed by atoms with Crippen molar-refractivity contribution in [1.29, 1.82) is 0 Å². The van der Waals surface area contributed by atoms with E-state index in [1.807, 2.05) is 0 Å². The minimum absolute atomic E-state index is 0.328. The molecular formula is C67H50N2. The van der Waals surface area contributed by atoms with Crippen LogP contribution in [0, 0.1) is 0 Å². The van der Waals surface area contributed by atoms with Gasteiger partial charge >= 0.3 is 0 Å². The summed E-state index contributed by atoms with van der Waals surface area (Å²) in [6, 6.07) is 92.6. The highest BCUT2D eigenvalue weighted by atomic mass is 15.2. The average molecular weight is 883 g/mol. The highest BCUT2D eigenvalue weighted by Gasteiger charge is 2.52. The second kappa shape index (κ2) is 17.0. The van der Waals surface area contributed by atoms with Gasteiger partial charge in [-0.2, -0.15) is 0 Å². The molecule has 0 aromatic heterocycles. The number of hydrogen-bond donors (Lipinski definition) is 0. The molecule has 10 aromatic carbocycles. The Morgan fingerprint density at radius 3 is 1.57 bits per heavy atom. The molecule has 3 aliphatic carbocycles. The number of benzene rings is 10. The van der Waals surface area contributed by atoms with Gasteiger partial charge in [0.2, 0.25) is 0 Å². The summed E-state index contributed by atoms with van der Waals surface area (Å²) in [4.78, 5) is 5.02. The molecule has 69 heavy (non-hydrogen) atoms.